The molecule has 0 fully saturated rings. The molecule has 1 N–H and O–H groups in total. The zero-order chi connectivity index (χ0) is 21.4. The topological polar surface area (TPSA) is 77.1 Å². The van der Waals surface area contributed by atoms with Gasteiger partial charge in [-0.15, -0.1) is 11.3 Å². The van der Waals surface area contributed by atoms with E-state index in [2.05, 4.69) is 20.5 Å². The molecule has 0 aliphatic carbocycles. The van der Waals surface area contributed by atoms with Gasteiger partial charge >= 0.3 is 0 Å². The van der Waals surface area contributed by atoms with E-state index in [-0.39, 0.29) is 5.91 Å². The van der Waals surface area contributed by atoms with Crippen LogP contribution in [0.15, 0.2) is 66.4 Å². The van der Waals surface area contributed by atoms with Crippen molar-refractivity contribution in [3.63, 3.8) is 0 Å². The number of thiophene rings is 1. The van der Waals surface area contributed by atoms with Gasteiger partial charge in [0.1, 0.15) is 5.56 Å². The molecule has 4 aromatic heterocycles. The van der Waals surface area contributed by atoms with E-state index in [0.29, 0.717) is 33.6 Å². The standard InChI is InChI=1S/C21H14Cl2N6OS/c22-15-3-1-4-16(23)14(15)12-28-9-7-19(27-28)26-21(30)13-11-25-29-17(6-8-24-20(13)29)18-5-2-10-31-18/h1-11H,12H2,(H,26,27,30). The third kappa shape index (κ3) is 3.81. The number of halogens is 2. The Morgan fingerprint density at radius 3 is 2.71 bits per heavy atom. The van der Waals surface area contributed by atoms with Crippen LogP contribution < -0.4 is 5.32 Å². The van der Waals surface area contributed by atoms with E-state index in [1.165, 1.54) is 6.20 Å². The van der Waals surface area contributed by atoms with Crippen molar-refractivity contribution >= 4 is 51.9 Å². The fraction of sp³-hybridized carbons (Fsp3) is 0.0476. The number of anilines is 1. The average Bonchev–Trinajstić information content (AvgIpc) is 3.51. The van der Waals surface area contributed by atoms with Gasteiger partial charge in [0.2, 0.25) is 0 Å². The maximum Gasteiger partial charge on any atom is 0.262 e. The summed E-state index contributed by atoms with van der Waals surface area (Å²) in [5, 5.41) is 14.7. The number of rotatable bonds is 5. The molecule has 0 saturated carbocycles. The molecule has 0 unspecified atom stereocenters. The smallest absolute Gasteiger partial charge is 0.262 e. The molecule has 4 heterocycles. The SMILES string of the molecule is O=C(Nc1ccn(Cc2c(Cl)cccc2Cl)n1)c1cnn2c(-c3cccs3)ccnc12. The fourth-order valence-electron chi connectivity index (χ4n) is 3.21. The minimum atomic E-state index is -0.341. The maximum atomic E-state index is 12.9. The van der Waals surface area contributed by atoms with Crippen LogP contribution in [0, 0.1) is 0 Å². The molecule has 7 nitrogen and oxygen atoms in total. The summed E-state index contributed by atoms with van der Waals surface area (Å²) in [4.78, 5) is 18.3. The van der Waals surface area contributed by atoms with Gasteiger partial charge in [-0.1, -0.05) is 35.3 Å². The van der Waals surface area contributed by atoms with E-state index in [1.54, 1.807) is 57.2 Å². The number of nitrogens with one attached hydrogen (secondary N) is 1. The van der Waals surface area contributed by atoms with E-state index < -0.39 is 0 Å². The van der Waals surface area contributed by atoms with Crippen molar-refractivity contribution in [1.82, 2.24) is 24.4 Å². The summed E-state index contributed by atoms with van der Waals surface area (Å²) in [5.41, 5.74) is 2.48. The van der Waals surface area contributed by atoms with Gasteiger partial charge in [-0.3, -0.25) is 9.48 Å². The van der Waals surface area contributed by atoms with Crippen molar-refractivity contribution in [2.75, 3.05) is 5.32 Å². The second-order valence-electron chi connectivity index (χ2n) is 6.65. The first-order valence-corrected chi connectivity index (χ1v) is 10.9. The number of carbonyl (C=O) groups is 1. The Morgan fingerprint density at radius 1 is 1.10 bits per heavy atom. The highest BCUT2D eigenvalue weighted by Crippen LogP contribution is 2.26. The summed E-state index contributed by atoms with van der Waals surface area (Å²) in [7, 11) is 0. The number of amides is 1. The van der Waals surface area contributed by atoms with E-state index >= 15 is 0 Å². The van der Waals surface area contributed by atoms with Crippen LogP contribution in [0.2, 0.25) is 10.0 Å². The molecule has 1 amide bonds. The lowest BCUT2D eigenvalue weighted by molar-refractivity contribution is 0.102. The lowest BCUT2D eigenvalue weighted by Gasteiger charge is -2.07. The first-order valence-electron chi connectivity index (χ1n) is 9.24. The van der Waals surface area contributed by atoms with Crippen molar-refractivity contribution in [2.45, 2.75) is 6.54 Å². The molecular weight excluding hydrogens is 455 g/mol. The van der Waals surface area contributed by atoms with Crippen molar-refractivity contribution < 1.29 is 4.79 Å². The molecule has 5 rings (SSSR count). The molecule has 0 radical (unpaired) electrons. The summed E-state index contributed by atoms with van der Waals surface area (Å²) in [6, 6.07) is 12.9. The number of fused-ring (bicyclic) bond motifs is 1. The molecule has 1 aromatic carbocycles. The summed E-state index contributed by atoms with van der Waals surface area (Å²) in [6.07, 6.45) is 4.93. The quantitative estimate of drug-likeness (QED) is 0.381. The third-order valence-electron chi connectivity index (χ3n) is 4.68. The number of aromatic nitrogens is 5. The Labute approximate surface area is 190 Å². The summed E-state index contributed by atoms with van der Waals surface area (Å²) in [5.74, 6) is 0.0637. The van der Waals surface area contributed by atoms with Crippen LogP contribution in [-0.4, -0.2) is 30.3 Å². The van der Waals surface area contributed by atoms with E-state index in [1.807, 2.05) is 23.6 Å². The van der Waals surface area contributed by atoms with E-state index in [9.17, 15) is 4.79 Å². The van der Waals surface area contributed by atoms with Crippen LogP contribution in [0.3, 0.4) is 0 Å². The van der Waals surface area contributed by atoms with Crippen molar-refractivity contribution in [3.05, 3.63) is 87.6 Å². The number of hydrogen-bond acceptors (Lipinski definition) is 5. The Morgan fingerprint density at radius 2 is 1.94 bits per heavy atom. The van der Waals surface area contributed by atoms with E-state index in [0.717, 1.165) is 16.1 Å². The monoisotopic (exact) mass is 468 g/mol. The lowest BCUT2D eigenvalue weighted by Crippen LogP contribution is -2.13. The summed E-state index contributed by atoms with van der Waals surface area (Å²) < 4.78 is 3.32. The van der Waals surface area contributed by atoms with Gasteiger partial charge in [-0.05, 0) is 29.6 Å². The second kappa shape index (κ2) is 8.14. The number of nitrogens with zero attached hydrogens (tertiary/aromatic N) is 5. The normalized spacial score (nSPS) is 11.2. The first-order chi connectivity index (χ1) is 15.1. The molecule has 5 aromatic rings. The summed E-state index contributed by atoms with van der Waals surface area (Å²) >= 11 is 14.1. The van der Waals surface area contributed by atoms with Crippen molar-refractivity contribution in [2.24, 2.45) is 0 Å². The number of carbonyl (C=O) groups excluding carboxylic acids is 1. The van der Waals surface area contributed by atoms with Gasteiger partial charge in [-0.25, -0.2) is 9.50 Å². The largest absolute Gasteiger partial charge is 0.305 e. The molecule has 154 valence electrons. The molecule has 0 aliphatic rings. The predicted molar refractivity (Wildman–Crippen MR) is 122 cm³/mol. The molecule has 0 spiro atoms. The minimum absolute atomic E-state index is 0.341. The molecule has 0 bridgehead atoms. The number of hydrogen-bond donors (Lipinski definition) is 1. The lowest BCUT2D eigenvalue weighted by atomic mass is 10.2. The first kappa shape index (κ1) is 19.7. The van der Waals surface area contributed by atoms with Crippen molar-refractivity contribution in [3.8, 4) is 10.6 Å². The highest BCUT2D eigenvalue weighted by molar-refractivity contribution is 7.13. The molecule has 10 heteroatoms. The van der Waals surface area contributed by atoms with Crippen LogP contribution >= 0.6 is 34.5 Å². The van der Waals surface area contributed by atoms with Crippen LogP contribution in [0.1, 0.15) is 15.9 Å². The summed E-state index contributed by atoms with van der Waals surface area (Å²) in [6.45, 7) is 0.386. The van der Waals surface area contributed by atoms with Gasteiger partial charge in [0.15, 0.2) is 11.5 Å². The highest BCUT2D eigenvalue weighted by atomic mass is 35.5. The van der Waals surface area contributed by atoms with Gasteiger partial charge in [0, 0.05) is 34.1 Å². The average molecular weight is 469 g/mol. The predicted octanol–water partition coefficient (Wildman–Crippen LogP) is 5.26. The van der Waals surface area contributed by atoms with Gasteiger partial charge in [0.05, 0.1) is 23.3 Å². The van der Waals surface area contributed by atoms with Crippen molar-refractivity contribution in [1.29, 1.82) is 0 Å². The molecular formula is C21H14Cl2N6OS. The van der Waals surface area contributed by atoms with Gasteiger partial charge < -0.3 is 5.32 Å². The number of benzene rings is 1. The van der Waals surface area contributed by atoms with Crippen LogP contribution in [0.25, 0.3) is 16.2 Å². The zero-order valence-electron chi connectivity index (χ0n) is 15.9. The molecule has 0 aliphatic heterocycles. The van der Waals surface area contributed by atoms with Crippen LogP contribution in [0.5, 0.6) is 0 Å². The Balaban J connectivity index is 1.38. The molecule has 0 saturated heterocycles. The third-order valence-corrected chi connectivity index (χ3v) is 6.28. The fourth-order valence-corrected chi connectivity index (χ4v) is 4.46. The maximum absolute atomic E-state index is 12.9. The highest BCUT2D eigenvalue weighted by Gasteiger charge is 2.17. The van der Waals surface area contributed by atoms with E-state index in [4.69, 9.17) is 23.2 Å². The van der Waals surface area contributed by atoms with Gasteiger partial charge in [-0.2, -0.15) is 10.2 Å². The second-order valence-corrected chi connectivity index (χ2v) is 8.42. The Kier molecular flexibility index (Phi) is 5.19. The molecule has 31 heavy (non-hydrogen) atoms. The van der Waals surface area contributed by atoms with Gasteiger partial charge in [0.25, 0.3) is 5.91 Å². The van der Waals surface area contributed by atoms with Crippen LogP contribution in [-0.2, 0) is 6.54 Å². The Bertz CT molecular complexity index is 1370. The Hall–Kier alpha value is -3.20. The van der Waals surface area contributed by atoms with Crippen LogP contribution in [0.4, 0.5) is 5.82 Å². The minimum Gasteiger partial charge on any atom is -0.305 e. The molecule has 0 atom stereocenters. The zero-order valence-corrected chi connectivity index (χ0v) is 18.2.